The molecule has 4 fully saturated rings. The maximum absolute atomic E-state index is 13.8. The van der Waals surface area contributed by atoms with Crippen LogP contribution in [0, 0.1) is 46.9 Å². The van der Waals surface area contributed by atoms with Gasteiger partial charge in [0.2, 0.25) is 23.6 Å². The number of piperidine rings is 4. The lowest BCUT2D eigenvalue weighted by molar-refractivity contribution is -0.147. The molecule has 24 heteroatoms. The Bertz CT molecular complexity index is 4960. The summed E-state index contributed by atoms with van der Waals surface area (Å²) in [6, 6.07) is 44.6. The summed E-state index contributed by atoms with van der Waals surface area (Å²) >= 11 is 0. The van der Waals surface area contributed by atoms with Crippen molar-refractivity contribution in [1.82, 2.24) is 44.5 Å². The number of anilines is 3. The largest absolute Gasteiger partial charge is 0.481 e. The second-order valence-electron chi connectivity index (χ2n) is 34.2. The van der Waals surface area contributed by atoms with E-state index in [0.717, 1.165) is 268 Å². The van der Waals surface area contributed by atoms with Crippen molar-refractivity contribution in [1.29, 1.82) is 0 Å². The molecule has 7 aliphatic heterocycles. The Labute approximate surface area is 726 Å². The number of carboxylic acids is 2. The first-order chi connectivity index (χ1) is 60.3. The predicted molar refractivity (Wildman–Crippen MR) is 474 cm³/mol. The van der Waals surface area contributed by atoms with Gasteiger partial charge in [-0.25, -0.2) is 42.5 Å². The average Bonchev–Trinajstić information content (AvgIpc) is 1.45. The summed E-state index contributed by atoms with van der Waals surface area (Å²) in [5.41, 5.74) is 11.7. The number of halogens is 4. The topological polar surface area (TPSA) is 256 Å². The highest BCUT2D eigenvalue weighted by atomic mass is 19.1. The molecule has 2 unspecified atom stereocenters. The molecule has 4 aromatic carbocycles. The highest BCUT2D eigenvalue weighted by Gasteiger charge is 2.39. The summed E-state index contributed by atoms with van der Waals surface area (Å²) in [4.78, 5) is 106. The van der Waals surface area contributed by atoms with Crippen LogP contribution in [-0.2, 0) is 73.7 Å². The number of amides is 4. The van der Waals surface area contributed by atoms with Crippen LogP contribution in [0.3, 0.4) is 0 Å². The molecular formula is C100H120F4N12O8. The highest BCUT2D eigenvalue weighted by molar-refractivity contribution is 5.83. The minimum atomic E-state index is -0.999. The Hall–Kier alpha value is -11.2. The van der Waals surface area contributed by atoms with Crippen molar-refractivity contribution in [3.8, 4) is 0 Å². The van der Waals surface area contributed by atoms with Crippen molar-refractivity contribution in [3.63, 3.8) is 0 Å². The Balaban J connectivity index is 0.000000142. The minimum absolute atomic E-state index is 0.0215. The van der Waals surface area contributed by atoms with E-state index in [1.807, 2.05) is 34.1 Å². The number of nitrogens with zero attached hydrogens (tertiary/aromatic N) is 9. The molecule has 20 nitrogen and oxygen atoms in total. The Morgan fingerprint density at radius 1 is 0.387 bits per heavy atom. The van der Waals surface area contributed by atoms with E-state index < -0.39 is 35.7 Å². The van der Waals surface area contributed by atoms with Gasteiger partial charge in [-0.05, 0) is 310 Å². The molecular weight excluding hydrogens is 1570 g/mol. The van der Waals surface area contributed by atoms with Gasteiger partial charge in [0.15, 0.2) is 5.65 Å². The number of benzene rings is 4. The molecule has 0 saturated carbocycles. The van der Waals surface area contributed by atoms with Crippen LogP contribution in [0.15, 0.2) is 164 Å². The quantitative estimate of drug-likeness (QED) is 0.0262. The second kappa shape index (κ2) is 44.9. The smallest absolute Gasteiger partial charge is 0.305 e. The molecule has 9 aromatic rings. The van der Waals surface area contributed by atoms with Crippen molar-refractivity contribution < 1.29 is 56.5 Å². The Kier molecular flexibility index (Phi) is 32.8. The van der Waals surface area contributed by atoms with Gasteiger partial charge in [0.1, 0.15) is 40.7 Å². The number of hydrogen-bond donors (Lipinski definition) is 5. The number of aliphatic carboxylic acids is 2. The molecule has 5 aromatic heterocycles. The van der Waals surface area contributed by atoms with Gasteiger partial charge in [-0.15, -0.1) is 0 Å². The van der Waals surface area contributed by atoms with Crippen molar-refractivity contribution in [2.24, 2.45) is 23.7 Å². The van der Waals surface area contributed by atoms with E-state index in [9.17, 15) is 56.5 Å². The molecule has 0 radical (unpaired) electrons. The molecule has 16 rings (SSSR count). The summed E-state index contributed by atoms with van der Waals surface area (Å²) in [5.74, 6) is -0.0739. The number of carbonyl (C=O) groups is 6. The summed E-state index contributed by atoms with van der Waals surface area (Å²) in [5, 5.41) is 30.0. The number of carboxylic acid groups (broad SMARTS) is 2. The average molecular weight is 1690 g/mol. The number of fused-ring (bicyclic) bond motifs is 4. The zero-order valence-corrected chi connectivity index (χ0v) is 71.8. The first-order valence-corrected chi connectivity index (χ1v) is 45.4. The van der Waals surface area contributed by atoms with Gasteiger partial charge in [0.05, 0.1) is 37.0 Å². The molecule has 8 atom stereocenters. The highest BCUT2D eigenvalue weighted by Crippen LogP contribution is 2.39. The molecule has 4 amide bonds. The van der Waals surface area contributed by atoms with E-state index in [4.69, 9.17) is 15.0 Å². The fraction of sp³-hybridized carbons (Fsp3) is 0.470. The van der Waals surface area contributed by atoms with E-state index >= 15 is 0 Å². The molecule has 12 heterocycles. The summed E-state index contributed by atoms with van der Waals surface area (Å²) < 4.78 is 55.0. The first-order valence-electron chi connectivity index (χ1n) is 45.4. The van der Waals surface area contributed by atoms with Crippen LogP contribution in [0.1, 0.15) is 247 Å². The van der Waals surface area contributed by atoms with Crippen molar-refractivity contribution in [3.05, 3.63) is 249 Å². The molecule has 4 saturated heterocycles. The van der Waals surface area contributed by atoms with Crippen LogP contribution in [0.25, 0.3) is 11.0 Å². The third kappa shape index (κ3) is 24.7. The van der Waals surface area contributed by atoms with Crippen LogP contribution in [0.2, 0.25) is 0 Å². The number of rotatable bonds is 30. The normalized spacial score (nSPS) is 19.1. The van der Waals surface area contributed by atoms with Crippen molar-refractivity contribution in [2.75, 3.05) is 61.8 Å². The van der Waals surface area contributed by atoms with Gasteiger partial charge in [0.25, 0.3) is 0 Å². The molecule has 0 spiro atoms. The van der Waals surface area contributed by atoms with Gasteiger partial charge < -0.3 is 45.8 Å². The zero-order chi connectivity index (χ0) is 86.9. The summed E-state index contributed by atoms with van der Waals surface area (Å²) in [6.45, 7) is 9.57. The van der Waals surface area contributed by atoms with Gasteiger partial charge in [0, 0.05) is 104 Å². The third-order valence-electron chi connectivity index (χ3n) is 25.6. The number of pyridine rings is 5. The van der Waals surface area contributed by atoms with E-state index in [0.29, 0.717) is 24.2 Å². The van der Waals surface area contributed by atoms with E-state index in [-0.39, 0.29) is 83.9 Å². The fourth-order valence-electron chi connectivity index (χ4n) is 19.3. The van der Waals surface area contributed by atoms with Gasteiger partial charge in [-0.1, -0.05) is 80.6 Å². The van der Waals surface area contributed by atoms with Crippen LogP contribution < -0.4 is 16.0 Å². The Morgan fingerprint density at radius 3 is 1.01 bits per heavy atom. The maximum Gasteiger partial charge on any atom is 0.305 e. The predicted octanol–water partition coefficient (Wildman–Crippen LogP) is 19.5. The lowest BCUT2D eigenvalue weighted by Gasteiger charge is -2.38. The van der Waals surface area contributed by atoms with Crippen LogP contribution in [0.4, 0.5) is 35.0 Å². The van der Waals surface area contributed by atoms with Gasteiger partial charge >= 0.3 is 11.9 Å². The third-order valence-corrected chi connectivity index (χ3v) is 25.6. The SMILES string of the molecule is CC[C@@H](c1cccc(F)c1)N1CCCC(CCCc2ccc3c(n2)NCCC3)C1=O.CC[C@@H](c1cccc(F)c1)N1CCCC(CCCc2ccc3cccnc3n2)C1=O.O=C(O)C[C@@H](c1cccc(F)c1)N1CCC[C@@H](CCCc2ccc3c(n2)NCCC3)C1=O.O=C(O)C[C@@H](c1cccc(F)c1)N1CCC[C@H](CCCc2ccc3c(n2)NCCC3)C1=O. The lowest BCUT2D eigenvalue weighted by Crippen LogP contribution is -2.44. The van der Waals surface area contributed by atoms with Gasteiger partial charge in [-0.3, -0.25) is 28.8 Å². The van der Waals surface area contributed by atoms with Crippen molar-refractivity contribution >= 4 is 64.1 Å². The van der Waals surface area contributed by atoms with E-state index in [1.54, 1.807) is 64.5 Å². The van der Waals surface area contributed by atoms with E-state index in [1.165, 1.54) is 59.5 Å². The summed E-state index contributed by atoms with van der Waals surface area (Å²) in [6.07, 6.45) is 26.9. The molecule has 0 bridgehead atoms. The first kappa shape index (κ1) is 90.6. The molecule has 7 aliphatic rings. The van der Waals surface area contributed by atoms with Crippen molar-refractivity contribution in [2.45, 2.75) is 231 Å². The maximum atomic E-state index is 13.8. The number of nitrogens with one attached hydrogen (secondary N) is 3. The number of hydrogen-bond acceptors (Lipinski definition) is 14. The number of aryl methyl sites for hydroxylation is 7. The standard InChI is InChI=1S/2C25H30FN3O3.C25H32FN3O.C25H28FN3O/c2*26-20-9-1-6-19(15-20)22(16-23(30)31)29-14-4-8-18(25(29)32)5-2-10-21-12-11-17-7-3-13-27-24(17)28-21;2*1-2-23(20-8-3-11-21(26)17-20)29-16-6-10-19(25(29)30)7-4-12-22-14-13-18-9-5-15-27-24(18)28-22/h2*1,6,9,11-12,15,18,22H,2-5,7-8,10,13-14,16H2,(H,27,28)(H,30,31);3,8,11,13-14,17,19,23H,2,4-7,9-10,12,15-16H2,1H3,(H,27,28);3,5,8-9,11,13-15,17,19,23H,2,4,6-7,10,12,16H2,1H3/t18-,22+;18-,22-;2*19?,23-/m1000/s1. The summed E-state index contributed by atoms with van der Waals surface area (Å²) in [7, 11) is 0. The fourth-order valence-corrected chi connectivity index (χ4v) is 19.3. The number of carbonyl (C=O) groups excluding carboxylic acids is 4. The lowest BCUT2D eigenvalue weighted by atomic mass is 9.89. The Morgan fingerprint density at radius 2 is 0.694 bits per heavy atom. The number of aromatic nitrogens is 5. The molecule has 656 valence electrons. The van der Waals surface area contributed by atoms with E-state index in [2.05, 4.69) is 88.3 Å². The van der Waals surface area contributed by atoms with Crippen LogP contribution in [-0.4, -0.2) is 136 Å². The molecule has 124 heavy (non-hydrogen) atoms. The monoisotopic (exact) mass is 1690 g/mol. The van der Waals surface area contributed by atoms with Crippen LogP contribution in [0.5, 0.6) is 0 Å². The zero-order valence-electron chi connectivity index (χ0n) is 71.8. The molecule has 5 N–H and O–H groups in total. The van der Waals surface area contributed by atoms with Gasteiger partial charge in [-0.2, -0.15) is 0 Å². The molecule has 0 aliphatic carbocycles. The number of likely N-dealkylation sites (tertiary alicyclic amines) is 4. The second-order valence-corrected chi connectivity index (χ2v) is 34.2. The minimum Gasteiger partial charge on any atom is -0.481 e. The van der Waals surface area contributed by atoms with Crippen LogP contribution >= 0.6 is 0 Å².